The van der Waals surface area contributed by atoms with Crippen LogP contribution < -0.4 is 0 Å². The van der Waals surface area contributed by atoms with E-state index >= 15 is 0 Å². The van der Waals surface area contributed by atoms with E-state index in [9.17, 15) is 19.5 Å². The maximum Gasteiger partial charge on any atom is 0.180 e. The summed E-state index contributed by atoms with van der Waals surface area (Å²) in [7, 11) is 0. The van der Waals surface area contributed by atoms with Crippen LogP contribution in [0.15, 0.2) is 23.8 Å². The molecule has 5 nitrogen and oxygen atoms in total. The molecule has 0 bridgehead atoms. The molecule has 1 aliphatic carbocycles. The molecule has 1 aromatic carbocycles. The largest absolute Gasteiger partial charge is 0.506 e. The molecule has 1 N–H and O–H groups in total. The number of halogens is 1. The van der Waals surface area contributed by atoms with Crippen molar-refractivity contribution in [3.8, 4) is 0 Å². The quantitative estimate of drug-likeness (QED) is 0.657. The lowest BCUT2D eigenvalue weighted by Crippen LogP contribution is -2.47. The second kappa shape index (κ2) is 6.73. The van der Waals surface area contributed by atoms with Crippen molar-refractivity contribution in [2.75, 3.05) is 13.2 Å². The van der Waals surface area contributed by atoms with Gasteiger partial charge in [0.25, 0.3) is 0 Å². The lowest BCUT2D eigenvalue weighted by Gasteiger charge is -2.40. The van der Waals surface area contributed by atoms with Crippen molar-refractivity contribution in [1.29, 1.82) is 0 Å². The number of aliphatic hydroxyl groups excluding tert-OH is 1. The van der Waals surface area contributed by atoms with Gasteiger partial charge in [0.05, 0.1) is 5.41 Å². The van der Waals surface area contributed by atoms with Crippen LogP contribution in [0.25, 0.3) is 5.76 Å². The molecule has 0 aromatic heterocycles. The molecule has 1 heterocycles. The Morgan fingerprint density at radius 2 is 2.08 bits per heavy atom. The molecule has 132 valence electrons. The number of ketones is 2. The van der Waals surface area contributed by atoms with Gasteiger partial charge in [0.1, 0.15) is 17.6 Å². The zero-order valence-electron chi connectivity index (χ0n) is 13.9. The summed E-state index contributed by atoms with van der Waals surface area (Å²) >= 11 is 6.07. The number of carbonyl (C=O) groups is 3. The minimum Gasteiger partial charge on any atom is -0.506 e. The van der Waals surface area contributed by atoms with Crippen LogP contribution in [0, 0.1) is 5.92 Å². The zero-order valence-corrected chi connectivity index (χ0v) is 14.6. The van der Waals surface area contributed by atoms with Crippen LogP contribution in [0.3, 0.4) is 0 Å². The van der Waals surface area contributed by atoms with Gasteiger partial charge in [-0.2, -0.15) is 0 Å². The van der Waals surface area contributed by atoms with Crippen LogP contribution in [-0.2, 0) is 24.5 Å². The monoisotopic (exact) mass is 362 g/mol. The highest BCUT2D eigenvalue weighted by Gasteiger charge is 2.50. The number of hydrogen-bond acceptors (Lipinski definition) is 5. The number of hydrogen-bond donors (Lipinski definition) is 1. The van der Waals surface area contributed by atoms with Crippen molar-refractivity contribution in [3.63, 3.8) is 0 Å². The molecule has 0 amide bonds. The van der Waals surface area contributed by atoms with E-state index in [2.05, 4.69) is 0 Å². The second-order valence-corrected chi connectivity index (χ2v) is 7.04. The van der Waals surface area contributed by atoms with Crippen LogP contribution >= 0.6 is 11.6 Å². The molecule has 2 aliphatic rings. The number of ether oxygens (including phenoxy) is 1. The normalized spacial score (nSPS) is 20.3. The molecule has 1 aliphatic heterocycles. The van der Waals surface area contributed by atoms with Crippen molar-refractivity contribution in [2.24, 2.45) is 5.92 Å². The third-order valence-corrected chi connectivity index (χ3v) is 5.38. The molecular weight excluding hydrogens is 344 g/mol. The topological polar surface area (TPSA) is 80.7 Å². The molecule has 1 saturated heterocycles. The van der Waals surface area contributed by atoms with Gasteiger partial charge in [0, 0.05) is 36.1 Å². The lowest BCUT2D eigenvalue weighted by molar-refractivity contribution is -0.129. The summed E-state index contributed by atoms with van der Waals surface area (Å²) in [5.41, 5.74) is -0.0139. The molecule has 25 heavy (non-hydrogen) atoms. The minimum atomic E-state index is -0.893. The fourth-order valence-corrected chi connectivity index (χ4v) is 3.85. The smallest absolute Gasteiger partial charge is 0.180 e. The molecule has 1 atom stereocenters. The van der Waals surface area contributed by atoms with Crippen LogP contribution in [-0.4, -0.2) is 36.2 Å². The van der Waals surface area contributed by atoms with Gasteiger partial charge in [0.2, 0.25) is 0 Å². The second-order valence-electron chi connectivity index (χ2n) is 6.60. The van der Waals surface area contributed by atoms with Crippen molar-refractivity contribution < 1.29 is 24.2 Å². The van der Waals surface area contributed by atoms with E-state index in [1.54, 1.807) is 25.1 Å². The Hall–Kier alpha value is -1.98. The first-order valence-electron chi connectivity index (χ1n) is 8.26. The number of allylic oxidation sites excluding steroid dienone is 1. The van der Waals surface area contributed by atoms with Gasteiger partial charge in [0.15, 0.2) is 11.6 Å². The summed E-state index contributed by atoms with van der Waals surface area (Å²) in [5, 5.41) is 11.1. The summed E-state index contributed by atoms with van der Waals surface area (Å²) in [4.78, 5) is 36.8. The van der Waals surface area contributed by atoms with E-state index in [0.717, 1.165) is 0 Å². The number of carbonyl (C=O) groups excluding carboxylic acids is 3. The molecule has 1 fully saturated rings. The van der Waals surface area contributed by atoms with E-state index < -0.39 is 17.1 Å². The van der Waals surface area contributed by atoms with Crippen LogP contribution in [0.2, 0.25) is 5.02 Å². The summed E-state index contributed by atoms with van der Waals surface area (Å²) in [6.07, 6.45) is 1.52. The highest BCUT2D eigenvalue weighted by Crippen LogP contribution is 2.46. The first kappa shape index (κ1) is 17.8. The Morgan fingerprint density at radius 3 is 2.72 bits per heavy atom. The minimum absolute atomic E-state index is 0.00140. The van der Waals surface area contributed by atoms with Gasteiger partial charge in [-0.1, -0.05) is 24.6 Å². The molecule has 0 radical (unpaired) electrons. The molecule has 3 rings (SSSR count). The summed E-state index contributed by atoms with van der Waals surface area (Å²) in [6, 6.07) is 5.00. The van der Waals surface area contributed by atoms with Gasteiger partial charge >= 0.3 is 0 Å². The molecular formula is C19H19ClO5. The number of Topliss-reactive ketones (excluding diaryl/α,β-unsaturated/α-hetero) is 2. The number of aldehydes is 1. The number of aliphatic hydroxyl groups is 1. The van der Waals surface area contributed by atoms with Crippen LogP contribution in [0.1, 0.15) is 37.3 Å². The summed E-state index contributed by atoms with van der Waals surface area (Å²) in [5.74, 6) is -1.91. The number of rotatable bonds is 4. The van der Waals surface area contributed by atoms with E-state index in [4.69, 9.17) is 16.3 Å². The SMILES string of the molecule is CC(CC=O)C(=O)C1=C(O)c2cc(Cl)ccc2C2(CCOCC2)C1=O. The fourth-order valence-electron chi connectivity index (χ4n) is 3.68. The number of fused-ring (bicyclic) bond motifs is 2. The fraction of sp³-hybridized carbons (Fsp3) is 0.421. The van der Waals surface area contributed by atoms with Crippen molar-refractivity contribution in [2.45, 2.75) is 31.6 Å². The van der Waals surface area contributed by atoms with Gasteiger partial charge < -0.3 is 14.6 Å². The summed E-state index contributed by atoms with van der Waals surface area (Å²) in [6.45, 7) is 2.38. The zero-order chi connectivity index (χ0) is 18.2. The third-order valence-electron chi connectivity index (χ3n) is 5.14. The van der Waals surface area contributed by atoms with Crippen molar-refractivity contribution in [3.05, 3.63) is 39.9 Å². The maximum atomic E-state index is 13.3. The van der Waals surface area contributed by atoms with E-state index in [1.165, 1.54) is 0 Å². The third kappa shape index (κ3) is 2.81. The van der Waals surface area contributed by atoms with E-state index in [0.29, 0.717) is 48.5 Å². The average molecular weight is 363 g/mol. The Balaban J connectivity index is 2.21. The van der Waals surface area contributed by atoms with Gasteiger partial charge in [-0.05, 0) is 30.5 Å². The Bertz CT molecular complexity index is 774. The Kier molecular flexibility index (Phi) is 4.80. The standard InChI is InChI=1S/C19H19ClO5/c1-11(4-7-21)16(22)15-17(23)13-10-12(20)2-3-14(13)19(18(15)24)5-8-25-9-6-19/h2-3,7,10-11,23H,4-6,8-9H2,1H3. The molecule has 0 saturated carbocycles. The predicted molar refractivity (Wildman–Crippen MR) is 92.6 cm³/mol. The predicted octanol–water partition coefficient (Wildman–Crippen LogP) is 3.03. The average Bonchev–Trinajstić information content (AvgIpc) is 2.61. The number of benzene rings is 1. The Labute approximate surface area is 150 Å². The molecule has 1 aromatic rings. The first-order valence-corrected chi connectivity index (χ1v) is 8.64. The Morgan fingerprint density at radius 1 is 1.40 bits per heavy atom. The highest BCUT2D eigenvalue weighted by molar-refractivity contribution is 6.32. The van der Waals surface area contributed by atoms with Gasteiger partial charge in [-0.25, -0.2) is 0 Å². The van der Waals surface area contributed by atoms with Crippen molar-refractivity contribution in [1.82, 2.24) is 0 Å². The lowest BCUT2D eigenvalue weighted by atomic mass is 9.63. The van der Waals surface area contributed by atoms with Crippen LogP contribution in [0.4, 0.5) is 0 Å². The molecule has 1 unspecified atom stereocenters. The van der Waals surface area contributed by atoms with E-state index in [-0.39, 0.29) is 23.5 Å². The summed E-state index contributed by atoms with van der Waals surface area (Å²) < 4.78 is 5.40. The van der Waals surface area contributed by atoms with Gasteiger partial charge in [-0.15, -0.1) is 0 Å². The van der Waals surface area contributed by atoms with E-state index in [1.807, 2.05) is 0 Å². The van der Waals surface area contributed by atoms with Crippen LogP contribution in [0.5, 0.6) is 0 Å². The molecule has 6 heteroatoms. The maximum absolute atomic E-state index is 13.3. The highest BCUT2D eigenvalue weighted by atomic mass is 35.5. The molecule has 1 spiro atoms. The first-order chi connectivity index (χ1) is 11.9. The van der Waals surface area contributed by atoms with Gasteiger partial charge in [-0.3, -0.25) is 9.59 Å². The van der Waals surface area contributed by atoms with Crippen molar-refractivity contribution >= 4 is 35.2 Å².